The van der Waals surface area contributed by atoms with Crippen LogP contribution in [0, 0.1) is 0 Å². The molecule has 104 valence electrons. The van der Waals surface area contributed by atoms with Gasteiger partial charge in [-0.15, -0.1) is 0 Å². The Bertz CT molecular complexity index is 303. The monoisotopic (exact) mass is 260 g/mol. The summed E-state index contributed by atoms with van der Waals surface area (Å²) in [4.78, 5) is 0. The molecule has 6 heteroatoms. The molecule has 0 aromatic carbocycles. The third-order valence-electron chi connectivity index (χ3n) is 4.10. The lowest BCUT2D eigenvalue weighted by atomic mass is 9.94. The number of aliphatic hydroxyl groups is 3. The van der Waals surface area contributed by atoms with Crippen LogP contribution in [0.5, 0.6) is 0 Å². The Labute approximate surface area is 105 Å². The van der Waals surface area contributed by atoms with E-state index in [4.69, 9.17) is 19.3 Å². The van der Waals surface area contributed by atoms with E-state index in [0.29, 0.717) is 0 Å². The van der Waals surface area contributed by atoms with Gasteiger partial charge in [-0.25, -0.2) is 0 Å². The Balaban J connectivity index is 1.68. The van der Waals surface area contributed by atoms with Crippen molar-refractivity contribution < 1.29 is 29.5 Å². The van der Waals surface area contributed by atoms with Crippen LogP contribution in [0.15, 0.2) is 0 Å². The number of fused-ring (bicyclic) bond motifs is 1. The van der Waals surface area contributed by atoms with Gasteiger partial charge < -0.3 is 29.5 Å². The van der Waals surface area contributed by atoms with E-state index < -0.39 is 43.1 Å². The van der Waals surface area contributed by atoms with Gasteiger partial charge in [0.05, 0.1) is 6.61 Å². The summed E-state index contributed by atoms with van der Waals surface area (Å²) >= 11 is 0. The first-order valence-corrected chi connectivity index (χ1v) is 6.63. The molecule has 3 fully saturated rings. The number of rotatable bonds is 2. The van der Waals surface area contributed by atoms with Crippen LogP contribution in [0.2, 0.25) is 0 Å². The summed E-state index contributed by atoms with van der Waals surface area (Å²) in [5.74, 6) is -0.607. The molecule has 2 aliphatic heterocycles. The lowest BCUT2D eigenvalue weighted by Gasteiger charge is -2.33. The van der Waals surface area contributed by atoms with E-state index >= 15 is 0 Å². The van der Waals surface area contributed by atoms with E-state index in [9.17, 15) is 10.2 Å². The van der Waals surface area contributed by atoms with Gasteiger partial charge in [0.1, 0.15) is 24.4 Å². The first-order valence-electron chi connectivity index (χ1n) is 6.63. The van der Waals surface area contributed by atoms with Crippen LogP contribution in [0.4, 0.5) is 0 Å². The molecule has 0 aromatic heterocycles. The fourth-order valence-corrected chi connectivity index (χ4v) is 3.12. The summed E-state index contributed by atoms with van der Waals surface area (Å²) in [6.45, 7) is -0.452. The minimum atomic E-state index is -1.11. The Hall–Kier alpha value is -0.240. The summed E-state index contributed by atoms with van der Waals surface area (Å²) in [5, 5.41) is 28.5. The first kappa shape index (κ1) is 12.8. The van der Waals surface area contributed by atoms with Gasteiger partial charge in [-0.3, -0.25) is 0 Å². The number of ether oxygens (including phenoxy) is 3. The van der Waals surface area contributed by atoms with Crippen molar-refractivity contribution in [1.29, 1.82) is 0 Å². The van der Waals surface area contributed by atoms with Crippen LogP contribution in [0.25, 0.3) is 0 Å². The summed E-state index contributed by atoms with van der Waals surface area (Å²) in [6, 6.07) is 0. The summed E-state index contributed by atoms with van der Waals surface area (Å²) < 4.78 is 17.1. The second-order valence-electron chi connectivity index (χ2n) is 5.38. The maximum atomic E-state index is 10.1. The van der Waals surface area contributed by atoms with Gasteiger partial charge in [0.15, 0.2) is 12.1 Å². The van der Waals surface area contributed by atoms with E-state index in [0.717, 1.165) is 25.7 Å². The number of hydrogen-bond acceptors (Lipinski definition) is 6. The largest absolute Gasteiger partial charge is 0.394 e. The van der Waals surface area contributed by atoms with Crippen LogP contribution in [0.3, 0.4) is 0 Å². The van der Waals surface area contributed by atoms with Crippen LogP contribution in [-0.2, 0) is 14.2 Å². The molecule has 3 N–H and O–H groups in total. The fraction of sp³-hybridized carbons (Fsp3) is 1.00. The molecule has 0 radical (unpaired) electrons. The Kier molecular flexibility index (Phi) is 3.34. The Morgan fingerprint density at radius 2 is 1.89 bits per heavy atom. The van der Waals surface area contributed by atoms with Gasteiger partial charge in [-0.1, -0.05) is 6.42 Å². The van der Waals surface area contributed by atoms with Gasteiger partial charge in [-0.2, -0.15) is 0 Å². The van der Waals surface area contributed by atoms with Crippen LogP contribution in [0.1, 0.15) is 32.1 Å². The molecule has 1 spiro atoms. The zero-order valence-electron chi connectivity index (χ0n) is 10.2. The van der Waals surface area contributed by atoms with Crippen LogP contribution in [-0.4, -0.2) is 58.4 Å². The Morgan fingerprint density at radius 3 is 2.50 bits per heavy atom. The second-order valence-corrected chi connectivity index (χ2v) is 5.38. The average Bonchev–Trinajstić information content (AvgIpc) is 2.86. The number of aliphatic hydroxyl groups excluding tert-OH is 3. The lowest BCUT2D eigenvalue weighted by Crippen LogP contribution is -2.43. The maximum Gasteiger partial charge on any atom is 0.190 e. The van der Waals surface area contributed by atoms with Crippen molar-refractivity contribution in [3.63, 3.8) is 0 Å². The summed E-state index contributed by atoms with van der Waals surface area (Å²) in [7, 11) is 0. The quantitative estimate of drug-likeness (QED) is 0.620. The fourth-order valence-electron chi connectivity index (χ4n) is 3.12. The summed E-state index contributed by atoms with van der Waals surface area (Å²) in [6.07, 6.45) is 0.824. The number of hydrogen-bond donors (Lipinski definition) is 3. The molecule has 18 heavy (non-hydrogen) atoms. The minimum absolute atomic E-state index is 0.452. The van der Waals surface area contributed by atoms with Gasteiger partial charge >= 0.3 is 0 Å². The molecule has 3 aliphatic rings. The van der Waals surface area contributed by atoms with Gasteiger partial charge in [0.2, 0.25) is 0 Å². The van der Waals surface area contributed by atoms with E-state index in [-0.39, 0.29) is 0 Å². The highest BCUT2D eigenvalue weighted by atomic mass is 16.8. The molecule has 1 saturated carbocycles. The molecular formula is C12H20O6. The third-order valence-corrected chi connectivity index (χ3v) is 4.10. The molecule has 1 aliphatic carbocycles. The van der Waals surface area contributed by atoms with E-state index in [1.54, 1.807) is 0 Å². The molecule has 0 bridgehead atoms. The maximum absolute atomic E-state index is 10.1. The standard InChI is InChI=1S/C12H20O6/c13-6-7(14)9-8(15)10-11(16-9)18-12(17-10)4-2-1-3-5-12/h7-11,13-15H,1-6H2/t7-,8+,9-,10+,11+/m0/s1. The van der Waals surface area contributed by atoms with Crippen molar-refractivity contribution in [3.05, 3.63) is 0 Å². The average molecular weight is 260 g/mol. The molecule has 0 unspecified atom stereocenters. The minimum Gasteiger partial charge on any atom is -0.394 e. The van der Waals surface area contributed by atoms with Crippen molar-refractivity contribution >= 4 is 0 Å². The first-order chi connectivity index (χ1) is 8.65. The molecule has 0 amide bonds. The van der Waals surface area contributed by atoms with Crippen molar-refractivity contribution in [3.8, 4) is 0 Å². The van der Waals surface area contributed by atoms with Crippen LogP contribution >= 0.6 is 0 Å². The molecule has 2 heterocycles. The predicted octanol–water partition coefficient (Wildman–Crippen LogP) is -0.499. The normalized spacial score (nSPS) is 44.2. The van der Waals surface area contributed by atoms with Crippen molar-refractivity contribution in [2.24, 2.45) is 0 Å². The SMILES string of the molecule is OC[C@H](O)[C@@H]1O[C@@H]2OC3(CCCCC3)O[C@@H]2[C@@H]1O. The van der Waals surface area contributed by atoms with E-state index in [1.165, 1.54) is 6.42 Å². The van der Waals surface area contributed by atoms with Gasteiger partial charge in [-0.05, 0) is 12.8 Å². The lowest BCUT2D eigenvalue weighted by molar-refractivity contribution is -0.254. The molecular weight excluding hydrogens is 240 g/mol. The molecule has 2 saturated heterocycles. The topological polar surface area (TPSA) is 88.4 Å². The highest BCUT2D eigenvalue weighted by Crippen LogP contribution is 2.45. The van der Waals surface area contributed by atoms with Crippen molar-refractivity contribution in [2.75, 3.05) is 6.61 Å². The zero-order chi connectivity index (χ0) is 12.8. The van der Waals surface area contributed by atoms with E-state index in [1.807, 2.05) is 0 Å². The second kappa shape index (κ2) is 4.70. The Morgan fingerprint density at radius 1 is 1.17 bits per heavy atom. The predicted molar refractivity (Wildman–Crippen MR) is 59.5 cm³/mol. The van der Waals surface area contributed by atoms with Crippen molar-refractivity contribution in [2.45, 2.75) is 68.6 Å². The molecule has 0 aromatic rings. The van der Waals surface area contributed by atoms with Gasteiger partial charge in [0.25, 0.3) is 0 Å². The third kappa shape index (κ3) is 1.97. The zero-order valence-corrected chi connectivity index (χ0v) is 10.2. The van der Waals surface area contributed by atoms with E-state index in [2.05, 4.69) is 0 Å². The molecule has 3 rings (SSSR count). The molecule has 5 atom stereocenters. The smallest absolute Gasteiger partial charge is 0.190 e. The highest BCUT2D eigenvalue weighted by Gasteiger charge is 2.58. The molecule has 6 nitrogen and oxygen atoms in total. The van der Waals surface area contributed by atoms with Crippen molar-refractivity contribution in [1.82, 2.24) is 0 Å². The van der Waals surface area contributed by atoms with Gasteiger partial charge in [0, 0.05) is 12.8 Å². The van der Waals surface area contributed by atoms with Crippen LogP contribution < -0.4 is 0 Å². The highest BCUT2D eigenvalue weighted by molar-refractivity contribution is 4.97. The summed E-state index contributed by atoms with van der Waals surface area (Å²) in [5.41, 5.74) is 0.